The smallest absolute Gasteiger partial charge is 0.329 e. The van der Waals surface area contributed by atoms with Gasteiger partial charge in [0.1, 0.15) is 0 Å². The van der Waals surface area contributed by atoms with Crippen LogP contribution in [0.15, 0.2) is 60.7 Å². The number of fused-ring (bicyclic) bond motifs is 2. The molecular weight excluding hydrogens is 422 g/mol. The van der Waals surface area contributed by atoms with Gasteiger partial charge in [-0.25, -0.2) is 14.8 Å². The van der Waals surface area contributed by atoms with Crippen molar-refractivity contribution >= 4 is 22.9 Å². The topological polar surface area (TPSA) is 54.3 Å². The molecular formula is C28H29N5O. The summed E-state index contributed by atoms with van der Waals surface area (Å²) < 4.78 is 1.92. The maximum Gasteiger partial charge on any atom is 0.329 e. The van der Waals surface area contributed by atoms with Gasteiger partial charge in [-0.3, -0.25) is 4.57 Å². The molecule has 2 fully saturated rings. The number of benzene rings is 2. The van der Waals surface area contributed by atoms with E-state index in [0.29, 0.717) is 11.8 Å². The Balaban J connectivity index is 1.29. The molecule has 2 aliphatic rings. The zero-order valence-corrected chi connectivity index (χ0v) is 19.9. The molecule has 1 amide bonds. The standard InChI is InChI=1S/C28H29N5O/c1-18-8-4-6-10-24(18)26-13-21-9-5-7-11-25(21)33(26)28(34)32-16-22-14-31(15-23(22)17-32)27-29-19(2)12-20(3)30-27/h4-13,22-23H,14-17H2,1-3H3/t22-,23+. The average molecular weight is 452 g/mol. The van der Waals surface area contributed by atoms with Crippen molar-refractivity contribution in [3.63, 3.8) is 0 Å². The number of hydrogen-bond acceptors (Lipinski definition) is 4. The summed E-state index contributed by atoms with van der Waals surface area (Å²) in [5.74, 6) is 1.71. The van der Waals surface area contributed by atoms with Crippen LogP contribution in [-0.4, -0.2) is 51.6 Å². The van der Waals surface area contributed by atoms with Gasteiger partial charge in [0.2, 0.25) is 5.95 Å². The quantitative estimate of drug-likeness (QED) is 0.428. The van der Waals surface area contributed by atoms with Crippen LogP contribution in [0.3, 0.4) is 0 Å². The number of nitrogens with zero attached hydrogens (tertiary/aromatic N) is 5. The van der Waals surface area contributed by atoms with Gasteiger partial charge in [-0.15, -0.1) is 0 Å². The molecule has 0 unspecified atom stereocenters. The Morgan fingerprint density at radius 1 is 0.824 bits per heavy atom. The molecule has 172 valence electrons. The zero-order chi connectivity index (χ0) is 23.4. The Morgan fingerprint density at radius 2 is 1.47 bits per heavy atom. The molecule has 2 saturated heterocycles. The second kappa shape index (κ2) is 7.97. The molecule has 0 radical (unpaired) electrons. The van der Waals surface area contributed by atoms with E-state index in [1.54, 1.807) is 0 Å². The highest BCUT2D eigenvalue weighted by atomic mass is 16.2. The van der Waals surface area contributed by atoms with Crippen LogP contribution in [0, 0.1) is 32.6 Å². The molecule has 0 saturated carbocycles. The highest BCUT2D eigenvalue weighted by Gasteiger charge is 2.43. The van der Waals surface area contributed by atoms with Crippen LogP contribution in [0.25, 0.3) is 22.2 Å². The lowest BCUT2D eigenvalue weighted by Gasteiger charge is -2.23. The molecule has 2 atom stereocenters. The van der Waals surface area contributed by atoms with Crippen LogP contribution in [0.2, 0.25) is 0 Å². The first-order valence-corrected chi connectivity index (χ1v) is 12.0. The number of carbonyl (C=O) groups excluding carboxylic acids is 1. The SMILES string of the molecule is Cc1cc(C)nc(N2C[C@H]3CN(C(=O)n4c(-c5ccccc5C)cc5ccccc54)C[C@H]3C2)n1. The summed E-state index contributed by atoms with van der Waals surface area (Å²) in [5, 5.41) is 1.09. The first-order chi connectivity index (χ1) is 16.5. The molecule has 0 spiro atoms. The maximum atomic E-state index is 14.0. The van der Waals surface area contributed by atoms with Crippen LogP contribution in [0.5, 0.6) is 0 Å². The van der Waals surface area contributed by atoms with Gasteiger partial charge in [0, 0.05) is 60.4 Å². The van der Waals surface area contributed by atoms with Crippen LogP contribution in [0.4, 0.5) is 10.7 Å². The molecule has 2 aromatic carbocycles. The largest absolute Gasteiger partial charge is 0.340 e. The van der Waals surface area contributed by atoms with E-state index in [1.165, 1.54) is 5.56 Å². The second-order valence-corrected chi connectivity index (χ2v) is 9.80. The van der Waals surface area contributed by atoms with Gasteiger partial charge in [0.25, 0.3) is 0 Å². The maximum absolute atomic E-state index is 14.0. The van der Waals surface area contributed by atoms with Crippen molar-refractivity contribution in [3.05, 3.63) is 77.6 Å². The molecule has 4 aromatic rings. The van der Waals surface area contributed by atoms with Crippen molar-refractivity contribution in [3.8, 4) is 11.3 Å². The Bertz CT molecular complexity index is 1370. The number of likely N-dealkylation sites (tertiary alicyclic amines) is 1. The van der Waals surface area contributed by atoms with Crippen molar-refractivity contribution in [2.24, 2.45) is 11.8 Å². The van der Waals surface area contributed by atoms with E-state index in [1.807, 2.05) is 59.7 Å². The Hall–Kier alpha value is -3.67. The normalized spacial score (nSPS) is 19.7. The number of hydrogen-bond donors (Lipinski definition) is 0. The number of anilines is 1. The molecule has 0 bridgehead atoms. The number of aryl methyl sites for hydroxylation is 3. The Kier molecular flexibility index (Phi) is 4.90. The number of amides is 1. The minimum atomic E-state index is 0.0723. The van der Waals surface area contributed by atoms with Gasteiger partial charge in [0.05, 0.1) is 11.2 Å². The van der Waals surface area contributed by atoms with E-state index in [2.05, 4.69) is 46.1 Å². The average Bonchev–Trinajstić information content (AvgIpc) is 3.50. The lowest BCUT2D eigenvalue weighted by Crippen LogP contribution is -2.36. The van der Waals surface area contributed by atoms with Crippen LogP contribution in [-0.2, 0) is 0 Å². The van der Waals surface area contributed by atoms with Gasteiger partial charge in [-0.1, -0.05) is 42.5 Å². The molecule has 6 nitrogen and oxygen atoms in total. The first-order valence-electron chi connectivity index (χ1n) is 12.0. The predicted molar refractivity (Wildman–Crippen MR) is 135 cm³/mol. The van der Waals surface area contributed by atoms with Crippen molar-refractivity contribution in [1.82, 2.24) is 19.4 Å². The molecule has 2 aliphatic heterocycles. The molecule has 0 N–H and O–H groups in total. The van der Waals surface area contributed by atoms with E-state index in [0.717, 1.165) is 65.7 Å². The summed E-state index contributed by atoms with van der Waals surface area (Å²) in [6.07, 6.45) is 0. The lowest BCUT2D eigenvalue weighted by molar-refractivity contribution is 0.209. The first kappa shape index (κ1) is 20.9. The van der Waals surface area contributed by atoms with Crippen molar-refractivity contribution in [2.45, 2.75) is 20.8 Å². The Morgan fingerprint density at radius 3 is 2.18 bits per heavy atom. The summed E-state index contributed by atoms with van der Waals surface area (Å²) >= 11 is 0. The summed E-state index contributed by atoms with van der Waals surface area (Å²) in [7, 11) is 0. The third-order valence-electron chi connectivity index (χ3n) is 7.33. The molecule has 6 heteroatoms. The minimum Gasteiger partial charge on any atom is -0.340 e. The third-order valence-corrected chi connectivity index (χ3v) is 7.33. The second-order valence-electron chi connectivity index (χ2n) is 9.80. The fourth-order valence-corrected chi connectivity index (χ4v) is 5.72. The monoisotopic (exact) mass is 451 g/mol. The van der Waals surface area contributed by atoms with E-state index in [9.17, 15) is 4.79 Å². The molecule has 6 rings (SSSR count). The van der Waals surface area contributed by atoms with Gasteiger partial charge < -0.3 is 9.80 Å². The minimum absolute atomic E-state index is 0.0723. The van der Waals surface area contributed by atoms with Crippen molar-refractivity contribution in [2.75, 3.05) is 31.1 Å². The molecule has 4 heterocycles. The number of aromatic nitrogens is 3. The zero-order valence-electron chi connectivity index (χ0n) is 19.9. The van der Waals surface area contributed by atoms with Crippen LogP contribution in [0.1, 0.15) is 17.0 Å². The number of carbonyl (C=O) groups is 1. The third kappa shape index (κ3) is 3.45. The number of para-hydroxylation sites is 1. The van der Waals surface area contributed by atoms with Crippen molar-refractivity contribution in [1.29, 1.82) is 0 Å². The van der Waals surface area contributed by atoms with Crippen molar-refractivity contribution < 1.29 is 4.79 Å². The van der Waals surface area contributed by atoms with Crippen LogP contribution < -0.4 is 4.90 Å². The van der Waals surface area contributed by atoms with Gasteiger partial charge in [-0.2, -0.15) is 0 Å². The summed E-state index contributed by atoms with van der Waals surface area (Å²) in [6.45, 7) is 9.47. The summed E-state index contributed by atoms with van der Waals surface area (Å²) in [4.78, 5) is 27.6. The predicted octanol–water partition coefficient (Wildman–Crippen LogP) is 5.06. The molecule has 2 aromatic heterocycles. The van der Waals surface area contributed by atoms with E-state index in [4.69, 9.17) is 0 Å². The molecule has 0 aliphatic carbocycles. The fourth-order valence-electron chi connectivity index (χ4n) is 5.72. The lowest BCUT2D eigenvalue weighted by atomic mass is 10.0. The highest BCUT2D eigenvalue weighted by Crippen LogP contribution is 2.36. The Labute approximate surface area is 199 Å². The highest BCUT2D eigenvalue weighted by molar-refractivity contribution is 5.98. The van der Waals surface area contributed by atoms with E-state index >= 15 is 0 Å². The van der Waals surface area contributed by atoms with E-state index in [-0.39, 0.29) is 6.03 Å². The van der Waals surface area contributed by atoms with Gasteiger partial charge in [-0.05, 0) is 44.5 Å². The molecule has 34 heavy (non-hydrogen) atoms. The van der Waals surface area contributed by atoms with Gasteiger partial charge in [0.15, 0.2) is 0 Å². The number of rotatable bonds is 2. The fraction of sp³-hybridized carbons (Fsp3) is 0.321. The van der Waals surface area contributed by atoms with E-state index < -0.39 is 0 Å². The summed E-state index contributed by atoms with van der Waals surface area (Å²) in [6, 6.07) is 20.7. The van der Waals surface area contributed by atoms with Gasteiger partial charge >= 0.3 is 6.03 Å². The summed E-state index contributed by atoms with van der Waals surface area (Å²) in [5.41, 5.74) is 6.20. The van der Waals surface area contributed by atoms with Crippen LogP contribution >= 0.6 is 0 Å².